The molecule has 6 nitrogen and oxygen atoms in total. The quantitative estimate of drug-likeness (QED) is 0.867. The van der Waals surface area contributed by atoms with E-state index in [1.807, 2.05) is 25.1 Å². The summed E-state index contributed by atoms with van der Waals surface area (Å²) in [5, 5.41) is 5.11. The summed E-state index contributed by atoms with van der Waals surface area (Å²) in [7, 11) is -1.97. The highest BCUT2D eigenvalue weighted by Gasteiger charge is 2.20. The van der Waals surface area contributed by atoms with Gasteiger partial charge in [0.2, 0.25) is 15.9 Å². The molecule has 0 fully saturated rings. The maximum atomic E-state index is 12.6. The van der Waals surface area contributed by atoms with Crippen molar-refractivity contribution >= 4 is 15.9 Å². The van der Waals surface area contributed by atoms with Crippen LogP contribution in [0.15, 0.2) is 47.4 Å². The van der Waals surface area contributed by atoms with Gasteiger partial charge in [-0.2, -0.15) is 0 Å². The van der Waals surface area contributed by atoms with Gasteiger partial charge in [-0.1, -0.05) is 24.3 Å². The SMILES string of the molecule is CC(c1ccc(S(N)(=O)=O)cc1)N(C)C(=O)Cc1ccc2c(c1)CCO2. The molecule has 7 heteroatoms. The molecule has 1 atom stereocenters. The molecule has 2 aromatic carbocycles. The van der Waals surface area contributed by atoms with Crippen LogP contribution in [-0.2, 0) is 27.7 Å². The molecule has 3 rings (SSSR count). The van der Waals surface area contributed by atoms with Crippen LogP contribution < -0.4 is 9.88 Å². The van der Waals surface area contributed by atoms with E-state index in [-0.39, 0.29) is 16.8 Å². The van der Waals surface area contributed by atoms with Crippen LogP contribution in [-0.4, -0.2) is 32.9 Å². The molecule has 2 N–H and O–H groups in total. The molecule has 0 spiro atoms. The molecule has 138 valence electrons. The fourth-order valence-electron chi connectivity index (χ4n) is 3.02. The normalized spacial score (nSPS) is 14.4. The number of primary sulfonamides is 1. The van der Waals surface area contributed by atoms with Crippen LogP contribution in [0.2, 0.25) is 0 Å². The summed E-state index contributed by atoms with van der Waals surface area (Å²) in [6, 6.07) is 12.0. The second kappa shape index (κ2) is 7.09. The number of hydrogen-bond acceptors (Lipinski definition) is 4. The molecule has 1 aliphatic rings. The zero-order valence-corrected chi connectivity index (χ0v) is 15.6. The fraction of sp³-hybridized carbons (Fsp3) is 0.316. The second-order valence-corrected chi connectivity index (χ2v) is 8.07. The first-order chi connectivity index (χ1) is 12.3. The summed E-state index contributed by atoms with van der Waals surface area (Å²) in [5.41, 5.74) is 2.95. The van der Waals surface area contributed by atoms with E-state index in [0.717, 1.165) is 28.9 Å². The van der Waals surface area contributed by atoms with Gasteiger partial charge >= 0.3 is 0 Å². The zero-order chi connectivity index (χ0) is 18.9. The van der Waals surface area contributed by atoms with E-state index in [9.17, 15) is 13.2 Å². The van der Waals surface area contributed by atoms with Crippen molar-refractivity contribution < 1.29 is 17.9 Å². The molecule has 0 aromatic heterocycles. The van der Waals surface area contributed by atoms with E-state index in [1.165, 1.54) is 12.1 Å². The summed E-state index contributed by atoms with van der Waals surface area (Å²) < 4.78 is 28.2. The first kappa shape index (κ1) is 18.4. The minimum absolute atomic E-state index is 0.00751. The predicted molar refractivity (Wildman–Crippen MR) is 98.3 cm³/mol. The third-order valence-electron chi connectivity index (χ3n) is 4.77. The zero-order valence-electron chi connectivity index (χ0n) is 14.8. The number of nitrogens with two attached hydrogens (primary N) is 1. The Morgan fingerprint density at radius 3 is 2.58 bits per heavy atom. The van der Waals surface area contributed by atoms with Crippen molar-refractivity contribution in [1.29, 1.82) is 0 Å². The Hall–Kier alpha value is -2.38. The third-order valence-corrected chi connectivity index (χ3v) is 5.70. The van der Waals surface area contributed by atoms with E-state index in [4.69, 9.17) is 9.88 Å². The first-order valence-electron chi connectivity index (χ1n) is 8.39. The van der Waals surface area contributed by atoms with Crippen molar-refractivity contribution in [3.63, 3.8) is 0 Å². The summed E-state index contributed by atoms with van der Waals surface area (Å²) >= 11 is 0. The second-order valence-electron chi connectivity index (χ2n) is 6.51. The van der Waals surface area contributed by atoms with Gasteiger partial charge in [0.05, 0.1) is 24.0 Å². The number of benzene rings is 2. The molecule has 0 saturated carbocycles. The number of ether oxygens (including phenoxy) is 1. The Morgan fingerprint density at radius 1 is 1.23 bits per heavy atom. The maximum Gasteiger partial charge on any atom is 0.238 e. The number of carbonyl (C=O) groups excluding carboxylic acids is 1. The standard InChI is InChI=1S/C19H22N2O4S/c1-13(15-4-6-17(7-5-15)26(20,23)24)21(2)19(22)12-14-3-8-18-16(11-14)9-10-25-18/h3-8,11,13H,9-10,12H2,1-2H3,(H2,20,23,24). The fourth-order valence-corrected chi connectivity index (χ4v) is 3.54. The van der Waals surface area contributed by atoms with Gasteiger partial charge in [-0.25, -0.2) is 13.6 Å². The molecule has 1 unspecified atom stereocenters. The van der Waals surface area contributed by atoms with Gasteiger partial charge in [0.15, 0.2) is 0 Å². The average molecular weight is 374 g/mol. The van der Waals surface area contributed by atoms with Crippen molar-refractivity contribution in [2.24, 2.45) is 5.14 Å². The Morgan fingerprint density at radius 2 is 1.92 bits per heavy atom. The lowest BCUT2D eigenvalue weighted by Crippen LogP contribution is -2.31. The van der Waals surface area contributed by atoms with Gasteiger partial charge in [0.25, 0.3) is 0 Å². The van der Waals surface area contributed by atoms with Crippen molar-refractivity contribution in [3.8, 4) is 5.75 Å². The molecule has 0 radical (unpaired) electrons. The van der Waals surface area contributed by atoms with Crippen LogP contribution in [0.4, 0.5) is 0 Å². The number of amides is 1. The molecule has 0 aliphatic carbocycles. The molecule has 0 saturated heterocycles. The topological polar surface area (TPSA) is 89.7 Å². The van der Waals surface area contributed by atoms with E-state index in [0.29, 0.717) is 13.0 Å². The van der Waals surface area contributed by atoms with E-state index >= 15 is 0 Å². The number of rotatable bonds is 5. The minimum Gasteiger partial charge on any atom is -0.493 e. The lowest BCUT2D eigenvalue weighted by atomic mass is 10.0. The summed E-state index contributed by atoms with van der Waals surface area (Å²) in [5.74, 6) is 0.893. The van der Waals surface area contributed by atoms with Gasteiger partial charge in [-0.05, 0) is 41.8 Å². The molecular formula is C19H22N2O4S. The molecule has 1 amide bonds. The lowest BCUT2D eigenvalue weighted by molar-refractivity contribution is -0.131. The number of likely N-dealkylation sites (N-methyl/N-ethyl adjacent to an activating group) is 1. The Kier molecular flexibility index (Phi) is 5.02. The van der Waals surface area contributed by atoms with Crippen LogP contribution in [0.1, 0.15) is 29.7 Å². The van der Waals surface area contributed by atoms with Crippen LogP contribution in [0.5, 0.6) is 5.75 Å². The molecule has 26 heavy (non-hydrogen) atoms. The number of sulfonamides is 1. The van der Waals surface area contributed by atoms with Crippen LogP contribution in [0.25, 0.3) is 0 Å². The molecular weight excluding hydrogens is 352 g/mol. The number of hydrogen-bond donors (Lipinski definition) is 1. The van der Waals surface area contributed by atoms with Crippen molar-refractivity contribution in [3.05, 3.63) is 59.2 Å². The van der Waals surface area contributed by atoms with E-state index in [1.54, 1.807) is 24.1 Å². The summed E-state index contributed by atoms with van der Waals surface area (Å²) in [6.45, 7) is 2.60. The van der Waals surface area contributed by atoms with Gasteiger partial charge in [-0.15, -0.1) is 0 Å². The third kappa shape index (κ3) is 3.89. The highest BCUT2D eigenvalue weighted by Crippen LogP contribution is 2.27. The average Bonchev–Trinajstić information content (AvgIpc) is 3.07. The lowest BCUT2D eigenvalue weighted by Gasteiger charge is -2.25. The largest absolute Gasteiger partial charge is 0.493 e. The molecule has 2 aromatic rings. The monoisotopic (exact) mass is 374 g/mol. The Balaban J connectivity index is 1.69. The first-order valence-corrected chi connectivity index (χ1v) is 9.93. The van der Waals surface area contributed by atoms with Gasteiger partial charge in [0, 0.05) is 13.5 Å². The van der Waals surface area contributed by atoms with Gasteiger partial charge in [0.1, 0.15) is 5.75 Å². The highest BCUT2D eigenvalue weighted by atomic mass is 32.2. The van der Waals surface area contributed by atoms with E-state index in [2.05, 4.69) is 0 Å². The van der Waals surface area contributed by atoms with Gasteiger partial charge in [-0.3, -0.25) is 4.79 Å². The van der Waals surface area contributed by atoms with Crippen LogP contribution in [0.3, 0.4) is 0 Å². The minimum atomic E-state index is -3.72. The van der Waals surface area contributed by atoms with E-state index < -0.39 is 10.0 Å². The van der Waals surface area contributed by atoms with Crippen molar-refractivity contribution in [1.82, 2.24) is 4.90 Å². The van der Waals surface area contributed by atoms with Crippen LogP contribution in [0, 0.1) is 0 Å². The Labute approximate surface area is 153 Å². The molecule has 1 heterocycles. The van der Waals surface area contributed by atoms with Gasteiger partial charge < -0.3 is 9.64 Å². The van der Waals surface area contributed by atoms with Crippen molar-refractivity contribution in [2.75, 3.05) is 13.7 Å². The van der Waals surface area contributed by atoms with Crippen molar-refractivity contribution in [2.45, 2.75) is 30.7 Å². The molecule has 0 bridgehead atoms. The highest BCUT2D eigenvalue weighted by molar-refractivity contribution is 7.89. The number of fused-ring (bicyclic) bond motifs is 1. The summed E-state index contributed by atoms with van der Waals surface area (Å²) in [6.07, 6.45) is 1.18. The molecule has 1 aliphatic heterocycles. The number of nitrogens with zero attached hydrogens (tertiary/aromatic N) is 1. The maximum absolute atomic E-state index is 12.6. The Bertz CT molecular complexity index is 923. The predicted octanol–water partition coefficient (Wildman–Crippen LogP) is 2.03. The smallest absolute Gasteiger partial charge is 0.238 e. The summed E-state index contributed by atoms with van der Waals surface area (Å²) in [4.78, 5) is 14.4. The number of carbonyl (C=O) groups is 1. The van der Waals surface area contributed by atoms with Crippen LogP contribution >= 0.6 is 0 Å².